The van der Waals surface area contributed by atoms with E-state index in [1.165, 1.54) is 6.07 Å². The van der Waals surface area contributed by atoms with Crippen molar-refractivity contribution >= 4 is 0 Å². The van der Waals surface area contributed by atoms with Crippen LogP contribution in [-0.4, -0.2) is 13.8 Å². The van der Waals surface area contributed by atoms with E-state index in [2.05, 4.69) is 5.32 Å². The third-order valence-corrected chi connectivity index (χ3v) is 1.80. The standard InChI is InChI=1S/C10H14FNO/c1-8-5-9(3-4-10(8)11)6-12-7-13-2/h3-5,12H,6-7H2,1-2H3. The Balaban J connectivity index is 2.53. The van der Waals surface area contributed by atoms with Gasteiger partial charge in [-0.1, -0.05) is 12.1 Å². The van der Waals surface area contributed by atoms with Crippen LogP contribution in [0.3, 0.4) is 0 Å². The van der Waals surface area contributed by atoms with Gasteiger partial charge in [0.25, 0.3) is 0 Å². The number of hydrogen-bond donors (Lipinski definition) is 1. The van der Waals surface area contributed by atoms with Crippen LogP contribution in [0.2, 0.25) is 0 Å². The van der Waals surface area contributed by atoms with Gasteiger partial charge < -0.3 is 4.74 Å². The molecule has 1 rings (SSSR count). The predicted molar refractivity (Wildman–Crippen MR) is 49.9 cm³/mol. The molecule has 0 saturated carbocycles. The fourth-order valence-electron chi connectivity index (χ4n) is 1.11. The van der Waals surface area contributed by atoms with Crippen LogP contribution >= 0.6 is 0 Å². The average Bonchev–Trinajstić information content (AvgIpc) is 2.12. The summed E-state index contributed by atoms with van der Waals surface area (Å²) in [7, 11) is 1.63. The molecule has 0 fully saturated rings. The molecule has 0 heterocycles. The lowest BCUT2D eigenvalue weighted by molar-refractivity contribution is 0.174. The SMILES string of the molecule is COCNCc1ccc(F)c(C)c1. The van der Waals surface area contributed by atoms with Gasteiger partial charge in [0.05, 0.1) is 6.73 Å². The first-order valence-corrected chi connectivity index (χ1v) is 4.18. The Morgan fingerprint density at radius 3 is 2.85 bits per heavy atom. The number of benzene rings is 1. The molecule has 2 nitrogen and oxygen atoms in total. The fourth-order valence-corrected chi connectivity index (χ4v) is 1.11. The van der Waals surface area contributed by atoms with Gasteiger partial charge in [0.15, 0.2) is 0 Å². The Bertz CT molecular complexity index is 276. The van der Waals surface area contributed by atoms with E-state index in [-0.39, 0.29) is 5.82 Å². The first-order chi connectivity index (χ1) is 6.24. The maximum atomic E-state index is 12.8. The molecule has 0 atom stereocenters. The zero-order chi connectivity index (χ0) is 9.68. The quantitative estimate of drug-likeness (QED) is 0.568. The molecule has 1 N–H and O–H groups in total. The van der Waals surface area contributed by atoms with E-state index in [1.807, 2.05) is 6.07 Å². The summed E-state index contributed by atoms with van der Waals surface area (Å²) in [6, 6.07) is 5.09. The lowest BCUT2D eigenvalue weighted by atomic mass is 10.1. The Labute approximate surface area is 77.7 Å². The number of methoxy groups -OCH3 is 1. The molecule has 0 radical (unpaired) electrons. The maximum absolute atomic E-state index is 12.8. The topological polar surface area (TPSA) is 21.3 Å². The molecule has 0 saturated heterocycles. The minimum atomic E-state index is -0.157. The molecule has 0 bridgehead atoms. The molecule has 0 spiro atoms. The van der Waals surface area contributed by atoms with Crippen molar-refractivity contribution in [2.75, 3.05) is 13.8 Å². The molecule has 3 heteroatoms. The molecule has 0 amide bonds. The van der Waals surface area contributed by atoms with Crippen LogP contribution in [0.4, 0.5) is 4.39 Å². The summed E-state index contributed by atoms with van der Waals surface area (Å²) in [6.07, 6.45) is 0. The highest BCUT2D eigenvalue weighted by Crippen LogP contribution is 2.08. The van der Waals surface area contributed by atoms with Gasteiger partial charge in [0, 0.05) is 13.7 Å². The van der Waals surface area contributed by atoms with Crippen molar-refractivity contribution in [1.82, 2.24) is 5.32 Å². The highest BCUT2D eigenvalue weighted by atomic mass is 19.1. The second-order valence-electron chi connectivity index (χ2n) is 2.94. The van der Waals surface area contributed by atoms with Crippen molar-refractivity contribution in [2.45, 2.75) is 13.5 Å². The van der Waals surface area contributed by atoms with Crippen molar-refractivity contribution in [1.29, 1.82) is 0 Å². The van der Waals surface area contributed by atoms with Gasteiger partial charge in [-0.05, 0) is 24.1 Å². The number of aryl methyl sites for hydroxylation is 1. The molecule has 0 aromatic heterocycles. The minimum absolute atomic E-state index is 0.157. The van der Waals surface area contributed by atoms with Crippen molar-refractivity contribution in [3.8, 4) is 0 Å². The number of hydrogen-bond acceptors (Lipinski definition) is 2. The fraction of sp³-hybridized carbons (Fsp3) is 0.400. The third-order valence-electron chi connectivity index (χ3n) is 1.80. The number of rotatable bonds is 4. The molecule has 0 unspecified atom stereocenters. The van der Waals surface area contributed by atoms with Crippen molar-refractivity contribution in [3.63, 3.8) is 0 Å². The van der Waals surface area contributed by atoms with Crippen molar-refractivity contribution in [3.05, 3.63) is 35.1 Å². The Kier molecular flexibility index (Phi) is 3.86. The summed E-state index contributed by atoms with van der Waals surface area (Å²) in [5, 5.41) is 3.05. The summed E-state index contributed by atoms with van der Waals surface area (Å²) in [5.74, 6) is -0.157. The predicted octanol–water partition coefficient (Wildman–Crippen LogP) is 1.83. The minimum Gasteiger partial charge on any atom is -0.370 e. The molecule has 1 aromatic carbocycles. The average molecular weight is 183 g/mol. The summed E-state index contributed by atoms with van der Waals surface area (Å²) < 4.78 is 17.7. The Morgan fingerprint density at radius 2 is 2.23 bits per heavy atom. The zero-order valence-corrected chi connectivity index (χ0v) is 7.93. The van der Waals surface area contributed by atoms with Crippen LogP contribution in [0.1, 0.15) is 11.1 Å². The number of nitrogens with one attached hydrogen (secondary N) is 1. The largest absolute Gasteiger partial charge is 0.370 e. The van der Waals surface area contributed by atoms with E-state index >= 15 is 0 Å². The van der Waals surface area contributed by atoms with E-state index in [0.717, 1.165) is 5.56 Å². The molecule has 13 heavy (non-hydrogen) atoms. The van der Waals surface area contributed by atoms with Gasteiger partial charge in [-0.3, -0.25) is 5.32 Å². The first kappa shape index (κ1) is 10.2. The van der Waals surface area contributed by atoms with E-state index in [4.69, 9.17) is 4.74 Å². The monoisotopic (exact) mass is 183 g/mol. The van der Waals surface area contributed by atoms with Crippen molar-refractivity contribution in [2.24, 2.45) is 0 Å². The molecule has 0 aliphatic carbocycles. The molecule has 0 aliphatic heterocycles. The second-order valence-corrected chi connectivity index (χ2v) is 2.94. The van der Waals surface area contributed by atoms with Gasteiger partial charge >= 0.3 is 0 Å². The molecule has 0 aliphatic rings. The van der Waals surface area contributed by atoms with E-state index < -0.39 is 0 Å². The zero-order valence-electron chi connectivity index (χ0n) is 7.93. The highest BCUT2D eigenvalue weighted by molar-refractivity contribution is 5.23. The van der Waals surface area contributed by atoms with Crippen LogP contribution in [0.25, 0.3) is 0 Å². The smallest absolute Gasteiger partial charge is 0.126 e. The van der Waals surface area contributed by atoms with E-state index in [9.17, 15) is 4.39 Å². The van der Waals surface area contributed by atoms with Gasteiger partial charge in [-0.15, -0.1) is 0 Å². The summed E-state index contributed by atoms with van der Waals surface area (Å²) in [6.45, 7) is 2.97. The second kappa shape index (κ2) is 4.94. The van der Waals surface area contributed by atoms with E-state index in [1.54, 1.807) is 20.1 Å². The summed E-state index contributed by atoms with van der Waals surface area (Å²) in [5.41, 5.74) is 1.74. The van der Waals surface area contributed by atoms with Gasteiger partial charge in [0.2, 0.25) is 0 Å². The molecular weight excluding hydrogens is 169 g/mol. The van der Waals surface area contributed by atoms with E-state index in [0.29, 0.717) is 18.8 Å². The van der Waals surface area contributed by atoms with Crippen LogP contribution in [0, 0.1) is 12.7 Å². The summed E-state index contributed by atoms with van der Waals surface area (Å²) >= 11 is 0. The van der Waals surface area contributed by atoms with Gasteiger partial charge in [0.1, 0.15) is 5.82 Å². The third kappa shape index (κ3) is 3.13. The number of halogens is 1. The van der Waals surface area contributed by atoms with Gasteiger partial charge in [-0.2, -0.15) is 0 Å². The van der Waals surface area contributed by atoms with Crippen LogP contribution < -0.4 is 5.32 Å². The normalized spacial score (nSPS) is 10.4. The Hall–Kier alpha value is -0.930. The lowest BCUT2D eigenvalue weighted by Gasteiger charge is -2.04. The van der Waals surface area contributed by atoms with Crippen molar-refractivity contribution < 1.29 is 9.13 Å². The molecule has 1 aromatic rings. The number of ether oxygens (including phenoxy) is 1. The van der Waals surface area contributed by atoms with Crippen LogP contribution in [0.15, 0.2) is 18.2 Å². The van der Waals surface area contributed by atoms with Crippen LogP contribution in [-0.2, 0) is 11.3 Å². The molecular formula is C10H14FNO. The van der Waals surface area contributed by atoms with Crippen LogP contribution in [0.5, 0.6) is 0 Å². The Morgan fingerprint density at radius 1 is 1.46 bits per heavy atom. The first-order valence-electron chi connectivity index (χ1n) is 4.18. The molecule has 72 valence electrons. The van der Waals surface area contributed by atoms with Gasteiger partial charge in [-0.25, -0.2) is 4.39 Å². The lowest BCUT2D eigenvalue weighted by Crippen LogP contribution is -2.15. The summed E-state index contributed by atoms with van der Waals surface area (Å²) in [4.78, 5) is 0. The highest BCUT2D eigenvalue weighted by Gasteiger charge is 1.97. The maximum Gasteiger partial charge on any atom is 0.126 e.